The first kappa shape index (κ1) is 13.3. The lowest BCUT2D eigenvalue weighted by Gasteiger charge is -2.20. The molecule has 1 unspecified atom stereocenters. The standard InChI is InChI=1S/C16H21NS/c1-5-13-9-10-14(18-13)16(17-4)15-11(2)7-6-8-12(15)3/h6-10,16-17H,5H2,1-4H3. The summed E-state index contributed by atoms with van der Waals surface area (Å²) in [6, 6.07) is 11.3. The number of aryl methyl sites for hydroxylation is 3. The van der Waals surface area contributed by atoms with Gasteiger partial charge in [-0.15, -0.1) is 11.3 Å². The maximum absolute atomic E-state index is 3.46. The molecule has 1 nitrogen and oxygen atoms in total. The van der Waals surface area contributed by atoms with Gasteiger partial charge in [-0.25, -0.2) is 0 Å². The number of hydrogen-bond donors (Lipinski definition) is 1. The molecule has 0 amide bonds. The fraction of sp³-hybridized carbons (Fsp3) is 0.375. The minimum absolute atomic E-state index is 0.316. The number of rotatable bonds is 4. The molecule has 0 saturated carbocycles. The van der Waals surface area contributed by atoms with E-state index < -0.39 is 0 Å². The Kier molecular flexibility index (Phi) is 4.20. The molecule has 0 aliphatic rings. The highest BCUT2D eigenvalue weighted by Gasteiger charge is 2.17. The monoisotopic (exact) mass is 259 g/mol. The molecule has 1 heterocycles. The van der Waals surface area contributed by atoms with Crippen molar-refractivity contribution in [2.24, 2.45) is 0 Å². The van der Waals surface area contributed by atoms with Crippen molar-refractivity contribution in [3.63, 3.8) is 0 Å². The second-order valence-electron chi connectivity index (χ2n) is 4.68. The number of nitrogens with one attached hydrogen (secondary N) is 1. The molecule has 1 aromatic carbocycles. The van der Waals surface area contributed by atoms with E-state index in [4.69, 9.17) is 0 Å². The lowest BCUT2D eigenvalue weighted by Crippen LogP contribution is -2.18. The summed E-state index contributed by atoms with van der Waals surface area (Å²) in [6.07, 6.45) is 1.12. The van der Waals surface area contributed by atoms with Gasteiger partial charge < -0.3 is 5.32 Å². The van der Waals surface area contributed by atoms with Crippen molar-refractivity contribution in [2.45, 2.75) is 33.2 Å². The third-order valence-corrected chi connectivity index (χ3v) is 4.73. The third kappa shape index (κ3) is 2.50. The first-order valence-electron chi connectivity index (χ1n) is 6.49. The van der Waals surface area contributed by atoms with E-state index in [-0.39, 0.29) is 0 Å². The fourth-order valence-electron chi connectivity index (χ4n) is 2.45. The Balaban J connectivity index is 2.45. The molecule has 0 spiro atoms. The predicted octanol–water partition coefficient (Wildman–Crippen LogP) is 4.24. The smallest absolute Gasteiger partial charge is 0.0673 e. The van der Waals surface area contributed by atoms with E-state index in [1.165, 1.54) is 26.4 Å². The van der Waals surface area contributed by atoms with Crippen molar-refractivity contribution in [3.05, 3.63) is 56.8 Å². The lowest BCUT2D eigenvalue weighted by molar-refractivity contribution is 0.695. The van der Waals surface area contributed by atoms with Crippen LogP contribution in [0.3, 0.4) is 0 Å². The van der Waals surface area contributed by atoms with Crippen molar-refractivity contribution in [3.8, 4) is 0 Å². The molecule has 0 fully saturated rings. The summed E-state index contributed by atoms with van der Waals surface area (Å²) in [6.45, 7) is 6.60. The Morgan fingerprint density at radius 2 is 1.78 bits per heavy atom. The Bertz CT molecular complexity index is 507. The Morgan fingerprint density at radius 1 is 1.11 bits per heavy atom. The molecule has 0 bridgehead atoms. The Labute approximate surface area is 114 Å². The summed E-state index contributed by atoms with van der Waals surface area (Å²) >= 11 is 1.92. The molecule has 18 heavy (non-hydrogen) atoms. The number of hydrogen-bond acceptors (Lipinski definition) is 2. The van der Waals surface area contributed by atoms with Crippen LogP contribution in [0.5, 0.6) is 0 Å². The van der Waals surface area contributed by atoms with Crippen LogP contribution in [-0.2, 0) is 6.42 Å². The molecule has 0 radical (unpaired) electrons. The van der Waals surface area contributed by atoms with Gasteiger partial charge >= 0.3 is 0 Å². The highest BCUT2D eigenvalue weighted by molar-refractivity contribution is 7.12. The van der Waals surface area contributed by atoms with Gasteiger partial charge in [0.15, 0.2) is 0 Å². The average molecular weight is 259 g/mol. The van der Waals surface area contributed by atoms with E-state index in [1.807, 2.05) is 18.4 Å². The van der Waals surface area contributed by atoms with Gasteiger partial charge in [-0.1, -0.05) is 25.1 Å². The zero-order valence-electron chi connectivity index (χ0n) is 11.6. The van der Waals surface area contributed by atoms with Crippen LogP contribution in [0.2, 0.25) is 0 Å². The van der Waals surface area contributed by atoms with Crippen LogP contribution in [-0.4, -0.2) is 7.05 Å². The van der Waals surface area contributed by atoms with E-state index >= 15 is 0 Å². The second kappa shape index (κ2) is 5.68. The first-order valence-corrected chi connectivity index (χ1v) is 7.31. The molecular weight excluding hydrogens is 238 g/mol. The van der Waals surface area contributed by atoms with Gasteiger partial charge in [-0.3, -0.25) is 0 Å². The van der Waals surface area contributed by atoms with Gasteiger partial charge in [0.05, 0.1) is 6.04 Å². The zero-order valence-corrected chi connectivity index (χ0v) is 12.4. The first-order chi connectivity index (χ1) is 8.67. The molecule has 1 aromatic heterocycles. The number of thiophene rings is 1. The normalized spacial score (nSPS) is 12.7. The van der Waals surface area contributed by atoms with Crippen LogP contribution in [0.1, 0.15) is 39.4 Å². The largest absolute Gasteiger partial charge is 0.309 e. The van der Waals surface area contributed by atoms with E-state index in [9.17, 15) is 0 Å². The van der Waals surface area contributed by atoms with Crippen LogP contribution in [0, 0.1) is 13.8 Å². The van der Waals surface area contributed by atoms with Crippen molar-refractivity contribution in [1.29, 1.82) is 0 Å². The summed E-state index contributed by atoms with van der Waals surface area (Å²) < 4.78 is 0. The summed E-state index contributed by atoms with van der Waals surface area (Å²) in [5.74, 6) is 0. The summed E-state index contributed by atoms with van der Waals surface area (Å²) in [4.78, 5) is 2.86. The van der Waals surface area contributed by atoms with Gasteiger partial charge in [0.2, 0.25) is 0 Å². The van der Waals surface area contributed by atoms with E-state index in [2.05, 4.69) is 56.4 Å². The van der Waals surface area contributed by atoms with Gasteiger partial charge in [0, 0.05) is 9.75 Å². The van der Waals surface area contributed by atoms with Crippen LogP contribution in [0.4, 0.5) is 0 Å². The molecule has 2 rings (SSSR count). The predicted molar refractivity (Wildman–Crippen MR) is 80.5 cm³/mol. The lowest BCUT2D eigenvalue weighted by atomic mass is 9.95. The van der Waals surface area contributed by atoms with Gasteiger partial charge in [-0.2, -0.15) is 0 Å². The third-order valence-electron chi connectivity index (χ3n) is 3.43. The van der Waals surface area contributed by atoms with Crippen molar-refractivity contribution < 1.29 is 0 Å². The van der Waals surface area contributed by atoms with Crippen LogP contribution >= 0.6 is 11.3 Å². The molecule has 0 saturated heterocycles. The van der Waals surface area contributed by atoms with Crippen molar-refractivity contribution in [1.82, 2.24) is 5.32 Å². The molecular formula is C16H21NS. The quantitative estimate of drug-likeness (QED) is 0.866. The highest BCUT2D eigenvalue weighted by atomic mass is 32.1. The Morgan fingerprint density at radius 3 is 2.28 bits per heavy atom. The molecule has 2 heteroatoms. The average Bonchev–Trinajstić information content (AvgIpc) is 2.82. The second-order valence-corrected chi connectivity index (χ2v) is 5.88. The highest BCUT2D eigenvalue weighted by Crippen LogP contribution is 2.32. The maximum Gasteiger partial charge on any atom is 0.0673 e. The van der Waals surface area contributed by atoms with E-state index in [0.717, 1.165) is 6.42 Å². The summed E-state index contributed by atoms with van der Waals surface area (Å²) in [5.41, 5.74) is 4.14. The van der Waals surface area contributed by atoms with Crippen molar-refractivity contribution in [2.75, 3.05) is 7.05 Å². The summed E-state index contributed by atoms with van der Waals surface area (Å²) in [7, 11) is 2.04. The Hall–Kier alpha value is -1.12. The molecule has 0 aliphatic heterocycles. The van der Waals surface area contributed by atoms with Crippen LogP contribution in [0.25, 0.3) is 0 Å². The molecule has 96 valence electrons. The maximum atomic E-state index is 3.46. The van der Waals surface area contributed by atoms with Crippen molar-refractivity contribution >= 4 is 11.3 Å². The molecule has 1 N–H and O–H groups in total. The van der Waals surface area contributed by atoms with E-state index in [1.54, 1.807) is 0 Å². The zero-order chi connectivity index (χ0) is 13.1. The molecule has 2 aromatic rings. The SMILES string of the molecule is CCc1ccc(C(NC)c2c(C)cccc2C)s1. The van der Waals surface area contributed by atoms with E-state index in [0.29, 0.717) is 6.04 Å². The van der Waals surface area contributed by atoms with Gasteiger partial charge in [0.1, 0.15) is 0 Å². The topological polar surface area (TPSA) is 12.0 Å². The summed E-state index contributed by atoms with van der Waals surface area (Å²) in [5, 5.41) is 3.46. The minimum atomic E-state index is 0.316. The fourth-order valence-corrected chi connectivity index (χ4v) is 3.52. The van der Waals surface area contributed by atoms with Gasteiger partial charge in [0.25, 0.3) is 0 Å². The molecule has 0 aliphatic carbocycles. The van der Waals surface area contributed by atoms with Gasteiger partial charge in [-0.05, 0) is 56.1 Å². The minimum Gasteiger partial charge on any atom is -0.309 e. The van der Waals surface area contributed by atoms with Crippen LogP contribution in [0.15, 0.2) is 30.3 Å². The van der Waals surface area contributed by atoms with Crippen LogP contribution < -0.4 is 5.32 Å². The molecule has 1 atom stereocenters. The number of benzene rings is 1.